The Hall–Kier alpha value is -2.54. The molecule has 0 aliphatic heterocycles. The lowest BCUT2D eigenvalue weighted by Crippen LogP contribution is -2.09. The van der Waals surface area contributed by atoms with E-state index in [-0.39, 0.29) is 0 Å². The van der Waals surface area contributed by atoms with E-state index in [0.29, 0.717) is 0 Å². The van der Waals surface area contributed by atoms with Gasteiger partial charge in [-0.3, -0.25) is 0 Å². The average molecular weight is 358 g/mol. The van der Waals surface area contributed by atoms with E-state index >= 15 is 0 Å². The molecule has 0 spiro atoms. The topological polar surface area (TPSA) is 3.24 Å². The van der Waals surface area contributed by atoms with Crippen LogP contribution in [0.3, 0.4) is 0 Å². The summed E-state index contributed by atoms with van der Waals surface area (Å²) < 4.78 is 0. The Balaban J connectivity index is 1.64. The maximum Gasteiger partial charge on any atom is 0.0408 e. The van der Waals surface area contributed by atoms with Gasteiger partial charge < -0.3 is 4.90 Å². The zero-order chi connectivity index (χ0) is 19.1. The molecule has 0 aliphatic rings. The Morgan fingerprint density at radius 3 is 1.70 bits per heavy atom. The van der Waals surface area contributed by atoms with Gasteiger partial charge in [0.15, 0.2) is 0 Å². The monoisotopic (exact) mass is 357 g/mol. The van der Waals surface area contributed by atoms with E-state index in [1.807, 2.05) is 0 Å². The summed E-state index contributed by atoms with van der Waals surface area (Å²) in [6.07, 6.45) is 6.47. The van der Waals surface area contributed by atoms with Gasteiger partial charge in [-0.2, -0.15) is 0 Å². The van der Waals surface area contributed by atoms with Crippen LogP contribution < -0.4 is 4.90 Å². The molecule has 0 amide bonds. The molecule has 0 atom stereocenters. The molecule has 0 unspecified atom stereocenters. The lowest BCUT2D eigenvalue weighted by molar-refractivity contribution is 0.667. The highest BCUT2D eigenvalue weighted by molar-refractivity contribution is 5.69. The SMILES string of the molecule is CCCCCCc1ccc(N(C)c2ccc(-c3ccc(C)cc3)cc2)cc1. The van der Waals surface area contributed by atoms with Crippen LogP contribution in [0.4, 0.5) is 11.4 Å². The number of rotatable bonds is 8. The van der Waals surface area contributed by atoms with Crippen molar-refractivity contribution in [1.29, 1.82) is 0 Å². The molecule has 3 aromatic rings. The fourth-order valence-electron chi connectivity index (χ4n) is 3.41. The molecule has 1 nitrogen and oxygen atoms in total. The van der Waals surface area contributed by atoms with Gasteiger partial charge >= 0.3 is 0 Å². The molecule has 0 aromatic heterocycles. The molecule has 3 aromatic carbocycles. The zero-order valence-electron chi connectivity index (χ0n) is 16.9. The summed E-state index contributed by atoms with van der Waals surface area (Å²) in [6.45, 7) is 4.39. The summed E-state index contributed by atoms with van der Waals surface area (Å²) in [4.78, 5) is 2.25. The Morgan fingerprint density at radius 1 is 0.630 bits per heavy atom. The van der Waals surface area contributed by atoms with Crippen LogP contribution in [0.25, 0.3) is 11.1 Å². The van der Waals surface area contributed by atoms with Crippen molar-refractivity contribution in [2.75, 3.05) is 11.9 Å². The predicted octanol–water partition coefficient (Wildman–Crippen LogP) is 7.55. The van der Waals surface area contributed by atoms with Gasteiger partial charge in [0.05, 0.1) is 0 Å². The second kappa shape index (κ2) is 9.41. The third-order valence-electron chi connectivity index (χ3n) is 5.28. The van der Waals surface area contributed by atoms with Crippen LogP contribution in [0, 0.1) is 6.92 Å². The highest BCUT2D eigenvalue weighted by atomic mass is 15.1. The molecule has 0 bridgehead atoms. The molecule has 1 heteroatoms. The number of anilines is 2. The number of hydrogen-bond acceptors (Lipinski definition) is 1. The number of aryl methyl sites for hydroxylation is 2. The molecular formula is C26H31N. The van der Waals surface area contributed by atoms with Gasteiger partial charge in [0.25, 0.3) is 0 Å². The molecule has 0 saturated heterocycles. The molecular weight excluding hydrogens is 326 g/mol. The van der Waals surface area contributed by atoms with Gasteiger partial charge in [0, 0.05) is 18.4 Å². The Morgan fingerprint density at radius 2 is 1.15 bits per heavy atom. The van der Waals surface area contributed by atoms with Crippen LogP contribution in [0.2, 0.25) is 0 Å². The smallest absolute Gasteiger partial charge is 0.0408 e. The number of unbranched alkanes of at least 4 members (excludes halogenated alkanes) is 3. The first-order chi connectivity index (χ1) is 13.2. The minimum atomic E-state index is 1.19. The second-order valence-corrected chi connectivity index (χ2v) is 7.45. The van der Waals surface area contributed by atoms with Crippen LogP contribution in [0.1, 0.15) is 43.7 Å². The summed E-state index contributed by atoms with van der Waals surface area (Å²) in [5.74, 6) is 0. The predicted molar refractivity (Wildman–Crippen MR) is 119 cm³/mol. The van der Waals surface area contributed by atoms with Crippen molar-refractivity contribution in [2.24, 2.45) is 0 Å². The highest BCUT2D eigenvalue weighted by Crippen LogP contribution is 2.27. The lowest BCUT2D eigenvalue weighted by Gasteiger charge is -2.20. The van der Waals surface area contributed by atoms with Crippen molar-refractivity contribution in [1.82, 2.24) is 0 Å². The second-order valence-electron chi connectivity index (χ2n) is 7.45. The molecule has 27 heavy (non-hydrogen) atoms. The normalized spacial score (nSPS) is 10.8. The summed E-state index contributed by atoms with van der Waals surface area (Å²) in [5.41, 5.74) is 7.70. The Bertz CT molecular complexity index is 814. The summed E-state index contributed by atoms with van der Waals surface area (Å²) in [6, 6.07) is 26.6. The van der Waals surface area contributed by atoms with Crippen molar-refractivity contribution in [3.05, 3.63) is 83.9 Å². The van der Waals surface area contributed by atoms with Crippen LogP contribution in [0.5, 0.6) is 0 Å². The van der Waals surface area contributed by atoms with Crippen molar-refractivity contribution in [3.63, 3.8) is 0 Å². The average Bonchev–Trinajstić information content (AvgIpc) is 2.72. The first kappa shape index (κ1) is 19.2. The molecule has 0 N–H and O–H groups in total. The van der Waals surface area contributed by atoms with E-state index < -0.39 is 0 Å². The third-order valence-corrected chi connectivity index (χ3v) is 5.28. The molecule has 0 saturated carbocycles. The van der Waals surface area contributed by atoms with Gasteiger partial charge in [-0.05, 0) is 60.7 Å². The van der Waals surface area contributed by atoms with E-state index in [4.69, 9.17) is 0 Å². The molecule has 3 rings (SSSR count). The largest absolute Gasteiger partial charge is 0.345 e. The Labute approximate surface area is 164 Å². The molecule has 0 fully saturated rings. The van der Waals surface area contributed by atoms with E-state index in [0.717, 1.165) is 0 Å². The van der Waals surface area contributed by atoms with Crippen molar-refractivity contribution in [2.45, 2.75) is 46.0 Å². The zero-order valence-corrected chi connectivity index (χ0v) is 16.9. The molecule has 140 valence electrons. The fraction of sp³-hybridized carbons (Fsp3) is 0.308. The van der Waals surface area contributed by atoms with Gasteiger partial charge in [-0.15, -0.1) is 0 Å². The Kier molecular flexibility index (Phi) is 6.70. The standard InChI is InChI=1S/C26H31N/c1-4-5-6-7-8-22-11-17-25(18-12-22)27(3)26-19-15-24(16-20-26)23-13-9-21(2)10-14-23/h9-20H,4-8H2,1-3H3. The third kappa shape index (κ3) is 5.23. The lowest BCUT2D eigenvalue weighted by atomic mass is 10.0. The first-order valence-electron chi connectivity index (χ1n) is 10.2. The first-order valence-corrected chi connectivity index (χ1v) is 10.2. The molecule has 0 heterocycles. The van der Waals surface area contributed by atoms with Gasteiger partial charge in [0.1, 0.15) is 0 Å². The van der Waals surface area contributed by atoms with Gasteiger partial charge in [0.2, 0.25) is 0 Å². The minimum absolute atomic E-state index is 1.19. The van der Waals surface area contributed by atoms with Crippen LogP contribution in [-0.2, 0) is 6.42 Å². The maximum absolute atomic E-state index is 2.28. The van der Waals surface area contributed by atoms with Gasteiger partial charge in [-0.25, -0.2) is 0 Å². The maximum atomic E-state index is 2.28. The van der Waals surface area contributed by atoms with E-state index in [9.17, 15) is 0 Å². The number of hydrogen-bond donors (Lipinski definition) is 0. The number of benzene rings is 3. The van der Waals surface area contributed by atoms with Crippen LogP contribution in [0.15, 0.2) is 72.8 Å². The van der Waals surface area contributed by atoms with E-state index in [1.165, 1.54) is 65.7 Å². The summed E-state index contributed by atoms with van der Waals surface area (Å²) in [7, 11) is 2.14. The van der Waals surface area contributed by atoms with Crippen molar-refractivity contribution in [3.8, 4) is 11.1 Å². The highest BCUT2D eigenvalue weighted by Gasteiger charge is 2.05. The summed E-state index contributed by atoms with van der Waals surface area (Å²) >= 11 is 0. The molecule has 0 radical (unpaired) electrons. The van der Waals surface area contributed by atoms with Crippen molar-refractivity contribution < 1.29 is 0 Å². The van der Waals surface area contributed by atoms with E-state index in [1.54, 1.807) is 0 Å². The van der Waals surface area contributed by atoms with E-state index in [2.05, 4.69) is 98.6 Å². The van der Waals surface area contributed by atoms with Crippen molar-refractivity contribution >= 4 is 11.4 Å². The summed E-state index contributed by atoms with van der Waals surface area (Å²) in [5, 5.41) is 0. The quantitative estimate of drug-likeness (QED) is 0.376. The van der Waals surface area contributed by atoms with Crippen LogP contribution >= 0.6 is 0 Å². The molecule has 0 aliphatic carbocycles. The fourth-order valence-corrected chi connectivity index (χ4v) is 3.41. The minimum Gasteiger partial charge on any atom is -0.345 e. The van der Waals surface area contributed by atoms with Crippen LogP contribution in [-0.4, -0.2) is 7.05 Å². The number of nitrogens with zero attached hydrogens (tertiary/aromatic N) is 1. The van der Waals surface area contributed by atoms with Gasteiger partial charge in [-0.1, -0.05) is 80.3 Å².